The Bertz CT molecular complexity index is 815. The van der Waals surface area contributed by atoms with Crippen molar-refractivity contribution in [3.8, 4) is 0 Å². The molecular formula is C26H40Cl2Ge2. The van der Waals surface area contributed by atoms with Crippen molar-refractivity contribution in [2.24, 2.45) is 0 Å². The monoisotopic (exact) mass is 570 g/mol. The summed E-state index contributed by atoms with van der Waals surface area (Å²) < 4.78 is 1.03. The maximum atomic E-state index is 7.51. The molecule has 0 fully saturated rings. The van der Waals surface area contributed by atoms with Crippen LogP contribution in [0.1, 0.15) is 97.3 Å². The molecule has 0 bridgehead atoms. The van der Waals surface area contributed by atoms with Gasteiger partial charge in [-0.1, -0.05) is 0 Å². The van der Waals surface area contributed by atoms with Crippen LogP contribution in [0.2, 0.25) is 21.0 Å². The Kier molecular flexibility index (Phi) is 7.76. The fraction of sp³-hybridized carbons (Fsp3) is 0.615. The van der Waals surface area contributed by atoms with Crippen LogP contribution in [0.5, 0.6) is 0 Å². The van der Waals surface area contributed by atoms with E-state index in [0.717, 1.165) is 12.8 Å². The Balaban J connectivity index is 2.33. The van der Waals surface area contributed by atoms with Gasteiger partial charge < -0.3 is 0 Å². The standard InChI is InChI=1S/C26H40Cl2Ge2/c1-9-19-15-21-17(7)24-22(16-20(10-2)26(24)30(28,13-5)14-6)18(8)23(21)25(19)29(27,11-3)12-4/h15-16,25-26H,9-14H2,1-8H3. The van der Waals surface area contributed by atoms with Gasteiger partial charge in [0, 0.05) is 0 Å². The molecule has 0 N–H and O–H groups in total. The van der Waals surface area contributed by atoms with Gasteiger partial charge in [-0.2, -0.15) is 0 Å². The number of rotatable bonds is 8. The first-order valence-corrected chi connectivity index (χ1v) is 26.0. The first kappa shape index (κ1) is 25.0. The number of halogens is 2. The topological polar surface area (TPSA) is 0 Å². The van der Waals surface area contributed by atoms with Gasteiger partial charge in [0.2, 0.25) is 0 Å². The third-order valence-corrected chi connectivity index (χ3v) is 33.2. The van der Waals surface area contributed by atoms with Gasteiger partial charge in [0.1, 0.15) is 0 Å². The SMILES string of the molecule is CCC1=Cc2c(C)c3c(c(C)c2[CH]1[Ge]([Cl])([CH2]C)[CH2]C)C=C(CC)[CH]3[Ge]([Cl])([CH2]C)[CH2]C. The number of fused-ring (bicyclic) bond motifs is 2. The summed E-state index contributed by atoms with van der Waals surface area (Å²) in [5, 5.41) is 4.72. The van der Waals surface area contributed by atoms with Gasteiger partial charge >= 0.3 is 200 Å². The second-order valence-electron chi connectivity index (χ2n) is 9.40. The molecule has 30 heavy (non-hydrogen) atoms. The molecular weight excluding hydrogens is 528 g/mol. The summed E-state index contributed by atoms with van der Waals surface area (Å²) in [6.45, 7) is 18.7. The summed E-state index contributed by atoms with van der Waals surface area (Å²) in [6.07, 6.45) is 7.31. The molecule has 2 atom stereocenters. The Morgan fingerprint density at radius 1 is 0.633 bits per heavy atom. The molecule has 3 rings (SSSR count). The van der Waals surface area contributed by atoms with Crippen LogP contribution in [0.15, 0.2) is 11.1 Å². The predicted molar refractivity (Wildman–Crippen MR) is 143 cm³/mol. The van der Waals surface area contributed by atoms with Gasteiger partial charge in [-0.15, -0.1) is 0 Å². The molecule has 0 heterocycles. The van der Waals surface area contributed by atoms with Crippen LogP contribution in [0.25, 0.3) is 12.2 Å². The molecule has 0 saturated heterocycles. The van der Waals surface area contributed by atoms with Crippen LogP contribution in [0, 0.1) is 13.8 Å². The van der Waals surface area contributed by atoms with E-state index >= 15 is 0 Å². The van der Waals surface area contributed by atoms with Crippen LogP contribution < -0.4 is 0 Å². The van der Waals surface area contributed by atoms with Crippen molar-refractivity contribution in [1.82, 2.24) is 0 Å². The number of allylic oxidation sites excluding steroid dienone is 2. The zero-order valence-electron chi connectivity index (χ0n) is 20.3. The van der Waals surface area contributed by atoms with Crippen molar-refractivity contribution in [2.75, 3.05) is 0 Å². The zero-order valence-corrected chi connectivity index (χ0v) is 26.0. The summed E-state index contributed by atoms with van der Waals surface area (Å²) in [6, 6.07) is 0. The van der Waals surface area contributed by atoms with E-state index in [1.54, 1.807) is 22.3 Å². The summed E-state index contributed by atoms with van der Waals surface area (Å²) in [4.78, 5) is 0. The molecule has 0 saturated carbocycles. The van der Waals surface area contributed by atoms with Gasteiger partial charge in [0.05, 0.1) is 0 Å². The van der Waals surface area contributed by atoms with E-state index < -0.39 is 24.7 Å². The van der Waals surface area contributed by atoms with Crippen molar-refractivity contribution >= 4 is 56.8 Å². The van der Waals surface area contributed by atoms with Crippen LogP contribution in [0.4, 0.5) is 0 Å². The van der Waals surface area contributed by atoms with Crippen molar-refractivity contribution in [3.05, 3.63) is 44.5 Å². The first-order valence-electron chi connectivity index (χ1n) is 12.1. The number of hydrogen-bond donors (Lipinski definition) is 0. The molecule has 2 aliphatic rings. The number of benzene rings is 1. The van der Waals surface area contributed by atoms with E-state index in [1.165, 1.54) is 43.3 Å². The van der Waals surface area contributed by atoms with E-state index in [4.69, 9.17) is 20.0 Å². The Hall–Kier alpha value is 0.366. The van der Waals surface area contributed by atoms with Crippen LogP contribution in [-0.4, -0.2) is 24.7 Å². The zero-order chi connectivity index (χ0) is 22.4. The Morgan fingerprint density at radius 2 is 0.933 bits per heavy atom. The van der Waals surface area contributed by atoms with Crippen LogP contribution in [-0.2, 0) is 0 Å². The minimum absolute atomic E-state index is 0.517. The molecule has 1 aromatic carbocycles. The van der Waals surface area contributed by atoms with E-state index in [0.29, 0.717) is 9.50 Å². The molecule has 2 aliphatic carbocycles. The molecule has 0 aromatic heterocycles. The van der Waals surface area contributed by atoms with Crippen molar-refractivity contribution in [1.29, 1.82) is 0 Å². The second-order valence-corrected chi connectivity index (χ2v) is 34.3. The van der Waals surface area contributed by atoms with Gasteiger partial charge in [-0.25, -0.2) is 0 Å². The Labute approximate surface area is 199 Å². The summed E-state index contributed by atoms with van der Waals surface area (Å²) >= 11 is -5.02. The van der Waals surface area contributed by atoms with Gasteiger partial charge in [0.25, 0.3) is 0 Å². The molecule has 0 aliphatic heterocycles. The third-order valence-electron chi connectivity index (χ3n) is 8.38. The molecule has 4 heteroatoms. The summed E-state index contributed by atoms with van der Waals surface area (Å²) in [7, 11) is 15.0. The Morgan fingerprint density at radius 3 is 1.17 bits per heavy atom. The average molecular weight is 569 g/mol. The van der Waals surface area contributed by atoms with Crippen LogP contribution in [0.3, 0.4) is 0 Å². The first-order chi connectivity index (χ1) is 14.2. The third kappa shape index (κ3) is 3.64. The predicted octanol–water partition coefficient (Wildman–Crippen LogP) is 9.61. The second kappa shape index (κ2) is 9.31. The molecule has 166 valence electrons. The normalized spacial score (nSPS) is 20.9. The van der Waals surface area contributed by atoms with E-state index in [-0.39, 0.29) is 0 Å². The van der Waals surface area contributed by atoms with E-state index in [9.17, 15) is 0 Å². The molecule has 1 aromatic rings. The van der Waals surface area contributed by atoms with Crippen LogP contribution >= 0.6 is 20.0 Å². The fourth-order valence-corrected chi connectivity index (χ4v) is 22.1. The van der Waals surface area contributed by atoms with Crippen molar-refractivity contribution < 1.29 is 0 Å². The molecule has 0 nitrogen and oxygen atoms in total. The summed E-state index contributed by atoms with van der Waals surface area (Å²) in [5.74, 6) is 0. The van der Waals surface area contributed by atoms with Gasteiger partial charge in [-0.05, 0) is 0 Å². The fourth-order valence-electron chi connectivity index (χ4n) is 6.23. The molecule has 2 unspecified atom stereocenters. The molecule has 0 radical (unpaired) electrons. The minimum atomic E-state index is -2.51. The van der Waals surface area contributed by atoms with E-state index in [1.807, 2.05) is 0 Å². The van der Waals surface area contributed by atoms with Gasteiger partial charge in [-0.3, -0.25) is 0 Å². The van der Waals surface area contributed by atoms with Crippen molar-refractivity contribution in [2.45, 2.75) is 98.7 Å². The quantitative estimate of drug-likeness (QED) is 0.274. The molecule has 0 spiro atoms. The van der Waals surface area contributed by atoms with Gasteiger partial charge in [0.15, 0.2) is 0 Å². The maximum absolute atomic E-state index is 7.51. The van der Waals surface area contributed by atoms with Crippen molar-refractivity contribution in [3.63, 3.8) is 0 Å². The summed E-state index contributed by atoms with van der Waals surface area (Å²) in [5.41, 5.74) is 12.4. The average Bonchev–Trinajstić information content (AvgIpc) is 3.36. The molecule has 0 amide bonds. The van der Waals surface area contributed by atoms with E-state index in [2.05, 4.69) is 67.5 Å². The number of hydrogen-bond acceptors (Lipinski definition) is 0.